The summed E-state index contributed by atoms with van der Waals surface area (Å²) in [6.07, 6.45) is 0. The lowest BCUT2D eigenvalue weighted by molar-refractivity contribution is 0.596. The van der Waals surface area contributed by atoms with E-state index in [0.717, 1.165) is 43.6 Å². The highest BCUT2D eigenvalue weighted by molar-refractivity contribution is 7.99. The van der Waals surface area contributed by atoms with Gasteiger partial charge in [0.15, 0.2) is 0 Å². The largest absolute Gasteiger partial charge is 0.309 e. The molecule has 0 bridgehead atoms. The van der Waals surface area contributed by atoms with E-state index >= 15 is 0 Å². The van der Waals surface area contributed by atoms with E-state index in [2.05, 4.69) is 58.0 Å². The lowest BCUT2D eigenvalue weighted by atomic mass is 10.2. The van der Waals surface area contributed by atoms with Crippen molar-refractivity contribution < 1.29 is 8.42 Å². The van der Waals surface area contributed by atoms with Crippen LogP contribution in [0.4, 0.5) is 17.1 Å². The fourth-order valence-corrected chi connectivity index (χ4v) is 8.19. The first kappa shape index (κ1) is 25.0. The van der Waals surface area contributed by atoms with Gasteiger partial charge in [0.1, 0.15) is 0 Å². The van der Waals surface area contributed by atoms with Crippen LogP contribution in [0.25, 0.3) is 27.5 Å². The number of rotatable bonds is 4. The van der Waals surface area contributed by atoms with E-state index < -0.39 is 9.84 Å². The van der Waals surface area contributed by atoms with Crippen LogP contribution in [0.1, 0.15) is 0 Å². The highest BCUT2D eigenvalue weighted by atomic mass is 32.2. The van der Waals surface area contributed by atoms with E-state index in [1.165, 1.54) is 10.8 Å². The molecule has 0 fully saturated rings. The van der Waals surface area contributed by atoms with Crippen molar-refractivity contribution in [3.63, 3.8) is 0 Å². The summed E-state index contributed by atoms with van der Waals surface area (Å²) in [5, 5.41) is 2.34. The van der Waals surface area contributed by atoms with Gasteiger partial charge in [-0.1, -0.05) is 72.4 Å². The maximum absolute atomic E-state index is 13.7. The number of sulfone groups is 1. The Morgan fingerprint density at radius 2 is 0.881 bits per heavy atom. The first-order valence-corrected chi connectivity index (χ1v) is 16.0. The van der Waals surface area contributed by atoms with Gasteiger partial charge < -0.3 is 9.47 Å². The number of aromatic nitrogens is 1. The zero-order valence-electron chi connectivity index (χ0n) is 22.4. The monoisotopic (exact) mass is 580 g/mol. The molecule has 0 radical (unpaired) electrons. The fraction of sp³-hybridized carbons (Fsp3) is 0. The van der Waals surface area contributed by atoms with Crippen LogP contribution in [0.3, 0.4) is 0 Å². The number of fused-ring (bicyclic) bond motifs is 5. The minimum atomic E-state index is -3.71. The van der Waals surface area contributed by atoms with Crippen molar-refractivity contribution in [2.45, 2.75) is 19.6 Å². The molecule has 6 heteroatoms. The number of benzene rings is 6. The van der Waals surface area contributed by atoms with Crippen molar-refractivity contribution >= 4 is 60.5 Å². The van der Waals surface area contributed by atoms with Crippen LogP contribution in [0.2, 0.25) is 0 Å². The average Bonchev–Trinajstić information content (AvgIpc) is 3.38. The van der Waals surface area contributed by atoms with Crippen LogP contribution in [-0.2, 0) is 9.84 Å². The molecule has 0 N–H and O–H groups in total. The molecule has 0 spiro atoms. The lowest BCUT2D eigenvalue weighted by Crippen LogP contribution is -2.14. The molecule has 8 rings (SSSR count). The first-order chi connectivity index (χ1) is 20.6. The standard InChI is InChI=1S/C36H24N2O2S2/c39-42(40,27-21-17-25(18-22-27)37-31-11-3-1-9-29(31)30-10-2-4-12-32(30)37)28-23-19-26(20-24-28)38-33-13-5-7-15-35(33)41-36-16-8-6-14-34(36)38/h1-24H. The smallest absolute Gasteiger partial charge is 0.206 e. The predicted molar refractivity (Wildman–Crippen MR) is 171 cm³/mol. The Hall–Kier alpha value is -4.78. The first-order valence-electron chi connectivity index (χ1n) is 13.7. The molecule has 0 amide bonds. The van der Waals surface area contributed by atoms with Crippen LogP contribution >= 0.6 is 11.8 Å². The van der Waals surface area contributed by atoms with E-state index in [9.17, 15) is 8.42 Å². The van der Waals surface area contributed by atoms with Gasteiger partial charge in [0.25, 0.3) is 0 Å². The third-order valence-electron chi connectivity index (χ3n) is 7.82. The topological polar surface area (TPSA) is 42.3 Å². The van der Waals surface area contributed by atoms with Gasteiger partial charge in [0.2, 0.25) is 9.84 Å². The van der Waals surface area contributed by atoms with Crippen molar-refractivity contribution in [1.29, 1.82) is 0 Å². The molecule has 0 saturated carbocycles. The summed E-state index contributed by atoms with van der Waals surface area (Å²) in [6.45, 7) is 0. The van der Waals surface area contributed by atoms with E-state index in [0.29, 0.717) is 0 Å². The third-order valence-corrected chi connectivity index (χ3v) is 10.7. The van der Waals surface area contributed by atoms with Crippen molar-refractivity contribution in [3.05, 3.63) is 146 Å². The number of hydrogen-bond acceptors (Lipinski definition) is 4. The Balaban J connectivity index is 1.15. The molecular weight excluding hydrogens is 557 g/mol. The number of para-hydroxylation sites is 4. The van der Waals surface area contributed by atoms with Gasteiger partial charge in [-0.3, -0.25) is 0 Å². The zero-order valence-corrected chi connectivity index (χ0v) is 24.0. The van der Waals surface area contributed by atoms with Gasteiger partial charge in [-0.2, -0.15) is 0 Å². The summed E-state index contributed by atoms with van der Waals surface area (Å²) in [7, 11) is -3.71. The molecular formula is C36H24N2O2S2. The summed E-state index contributed by atoms with van der Waals surface area (Å²) in [4.78, 5) is 5.05. The summed E-state index contributed by atoms with van der Waals surface area (Å²) < 4.78 is 29.6. The van der Waals surface area contributed by atoms with Crippen molar-refractivity contribution in [2.75, 3.05) is 4.90 Å². The normalized spacial score (nSPS) is 12.8. The van der Waals surface area contributed by atoms with Crippen LogP contribution in [-0.4, -0.2) is 13.0 Å². The second-order valence-electron chi connectivity index (χ2n) is 10.2. The molecule has 0 aliphatic carbocycles. The van der Waals surface area contributed by atoms with Crippen molar-refractivity contribution in [1.82, 2.24) is 4.57 Å². The highest BCUT2D eigenvalue weighted by Gasteiger charge is 2.25. The maximum atomic E-state index is 13.7. The molecule has 4 nitrogen and oxygen atoms in total. The molecule has 6 aromatic carbocycles. The minimum absolute atomic E-state index is 0.267. The van der Waals surface area contributed by atoms with Gasteiger partial charge in [0.05, 0.1) is 32.2 Å². The summed E-state index contributed by atoms with van der Waals surface area (Å²) >= 11 is 1.75. The van der Waals surface area contributed by atoms with E-state index in [-0.39, 0.29) is 9.79 Å². The van der Waals surface area contributed by atoms with E-state index in [1.807, 2.05) is 72.8 Å². The molecule has 202 valence electrons. The zero-order chi connectivity index (χ0) is 28.3. The molecule has 7 aromatic rings. The van der Waals surface area contributed by atoms with Crippen molar-refractivity contribution in [3.8, 4) is 5.69 Å². The molecule has 0 saturated heterocycles. The van der Waals surface area contributed by atoms with Crippen LogP contribution in [0, 0.1) is 0 Å². The second kappa shape index (κ2) is 9.65. The molecule has 42 heavy (non-hydrogen) atoms. The summed E-state index contributed by atoms with van der Waals surface area (Å²) in [5.74, 6) is 0. The minimum Gasteiger partial charge on any atom is -0.309 e. The number of nitrogens with zero attached hydrogens (tertiary/aromatic N) is 2. The van der Waals surface area contributed by atoms with Crippen LogP contribution in [0.15, 0.2) is 165 Å². The quantitative estimate of drug-likeness (QED) is 0.208. The summed E-state index contributed by atoms with van der Waals surface area (Å²) in [6, 6.07) is 47.5. The molecule has 0 unspecified atom stereocenters. The van der Waals surface area contributed by atoms with E-state index in [1.54, 1.807) is 36.0 Å². The fourth-order valence-electron chi connectivity index (χ4n) is 5.87. The Labute approximate surface area is 248 Å². The highest BCUT2D eigenvalue weighted by Crippen LogP contribution is 2.51. The van der Waals surface area contributed by atoms with Crippen LogP contribution in [0.5, 0.6) is 0 Å². The molecule has 2 heterocycles. The Kier molecular flexibility index (Phi) is 5.74. The Morgan fingerprint density at radius 3 is 1.40 bits per heavy atom. The molecule has 0 atom stereocenters. The van der Waals surface area contributed by atoms with Crippen LogP contribution < -0.4 is 4.90 Å². The molecule has 1 aliphatic rings. The van der Waals surface area contributed by atoms with E-state index in [4.69, 9.17) is 0 Å². The maximum Gasteiger partial charge on any atom is 0.206 e. The third kappa shape index (κ3) is 3.87. The van der Waals surface area contributed by atoms with Gasteiger partial charge >= 0.3 is 0 Å². The average molecular weight is 581 g/mol. The molecule has 1 aromatic heterocycles. The number of hydrogen-bond donors (Lipinski definition) is 0. The predicted octanol–water partition coefficient (Wildman–Crippen LogP) is 9.55. The lowest BCUT2D eigenvalue weighted by Gasteiger charge is -2.32. The van der Waals surface area contributed by atoms with Gasteiger partial charge in [-0.15, -0.1) is 0 Å². The Morgan fingerprint density at radius 1 is 0.452 bits per heavy atom. The van der Waals surface area contributed by atoms with Gasteiger partial charge in [-0.05, 0) is 84.9 Å². The Bertz CT molecular complexity index is 2140. The summed E-state index contributed by atoms with van der Waals surface area (Å²) in [5.41, 5.74) is 6.17. The van der Waals surface area contributed by atoms with Gasteiger partial charge in [-0.25, -0.2) is 8.42 Å². The SMILES string of the molecule is O=S(=O)(c1ccc(N2c3ccccc3Sc3ccccc32)cc1)c1ccc(-n2c3ccccc3c3ccccc32)cc1. The molecule has 1 aliphatic heterocycles. The van der Waals surface area contributed by atoms with Gasteiger partial charge in [0, 0.05) is 31.9 Å². The van der Waals surface area contributed by atoms with Crippen molar-refractivity contribution in [2.24, 2.45) is 0 Å². The number of anilines is 3. The second-order valence-corrected chi connectivity index (χ2v) is 13.3.